The molecule has 0 saturated carbocycles. The maximum absolute atomic E-state index is 12.4. The largest absolute Gasteiger partial charge is 0.504 e. The van der Waals surface area contributed by atoms with Crippen molar-refractivity contribution in [3.63, 3.8) is 0 Å². The van der Waals surface area contributed by atoms with Gasteiger partial charge in [-0.1, -0.05) is 0 Å². The normalized spacial score (nSPS) is 21.8. The average Bonchev–Trinajstić information content (AvgIpc) is 2.39. The summed E-state index contributed by atoms with van der Waals surface area (Å²) in [6, 6.07) is 4.05. The zero-order chi connectivity index (χ0) is 14.9. The van der Waals surface area contributed by atoms with Gasteiger partial charge in [-0.3, -0.25) is 4.79 Å². The van der Waals surface area contributed by atoms with Gasteiger partial charge < -0.3 is 25.6 Å². The Labute approximate surface area is 117 Å². The third-order valence-corrected chi connectivity index (χ3v) is 3.25. The van der Waals surface area contributed by atoms with Gasteiger partial charge in [-0.05, 0) is 32.0 Å². The number of amides is 1. The molecule has 0 bridgehead atoms. The van der Waals surface area contributed by atoms with E-state index in [1.54, 1.807) is 4.90 Å². The van der Waals surface area contributed by atoms with E-state index in [-0.39, 0.29) is 23.5 Å². The van der Waals surface area contributed by atoms with Crippen LogP contribution in [-0.4, -0.2) is 52.4 Å². The number of carbonyl (C=O) groups is 1. The minimum absolute atomic E-state index is 0.201. The van der Waals surface area contributed by atoms with Crippen LogP contribution >= 0.6 is 0 Å². The summed E-state index contributed by atoms with van der Waals surface area (Å²) in [6.45, 7) is 5.02. The molecular weight excluding hydrogens is 260 g/mol. The molecule has 0 aliphatic carbocycles. The summed E-state index contributed by atoms with van der Waals surface area (Å²) in [7, 11) is 0. The van der Waals surface area contributed by atoms with E-state index in [4.69, 9.17) is 10.5 Å². The van der Waals surface area contributed by atoms with Crippen LogP contribution in [0.25, 0.3) is 0 Å². The molecule has 1 unspecified atom stereocenters. The molecule has 1 aromatic rings. The Hall–Kier alpha value is -1.79. The Balaban J connectivity index is 2.21. The second-order valence-electron chi connectivity index (χ2n) is 5.62. The third-order valence-electron chi connectivity index (χ3n) is 3.25. The van der Waals surface area contributed by atoms with Gasteiger partial charge >= 0.3 is 0 Å². The van der Waals surface area contributed by atoms with E-state index in [9.17, 15) is 15.0 Å². The molecule has 110 valence electrons. The summed E-state index contributed by atoms with van der Waals surface area (Å²) in [5.74, 6) is -0.766. The first-order chi connectivity index (χ1) is 9.32. The predicted octanol–water partition coefficient (Wildman–Crippen LogP) is 0.676. The third kappa shape index (κ3) is 3.02. The van der Waals surface area contributed by atoms with Crippen LogP contribution in [0.15, 0.2) is 18.2 Å². The Morgan fingerprint density at radius 1 is 1.45 bits per heavy atom. The first kappa shape index (κ1) is 14.6. The molecule has 1 aliphatic rings. The van der Waals surface area contributed by atoms with E-state index in [0.717, 1.165) is 0 Å². The van der Waals surface area contributed by atoms with Crippen molar-refractivity contribution in [2.24, 2.45) is 5.73 Å². The number of morpholine rings is 1. The first-order valence-corrected chi connectivity index (χ1v) is 6.51. The standard InChI is InChI=1S/C14H20N2O4/c1-14(2)8-16(7-10(6-15)20-14)13(19)9-3-4-11(17)12(18)5-9/h3-5,10,17-18H,6-8,15H2,1-2H3. The van der Waals surface area contributed by atoms with E-state index in [1.165, 1.54) is 18.2 Å². The Kier molecular flexibility index (Phi) is 3.87. The molecule has 1 saturated heterocycles. The fraction of sp³-hybridized carbons (Fsp3) is 0.500. The fourth-order valence-corrected chi connectivity index (χ4v) is 2.41. The zero-order valence-electron chi connectivity index (χ0n) is 11.7. The molecule has 0 spiro atoms. The van der Waals surface area contributed by atoms with Crippen LogP contribution in [0.5, 0.6) is 11.5 Å². The lowest BCUT2D eigenvalue weighted by Gasteiger charge is -2.42. The van der Waals surface area contributed by atoms with Gasteiger partial charge in [-0.25, -0.2) is 0 Å². The summed E-state index contributed by atoms with van der Waals surface area (Å²) in [5, 5.41) is 18.8. The SMILES string of the molecule is CC1(C)CN(C(=O)c2ccc(O)c(O)c2)CC(CN)O1. The highest BCUT2D eigenvalue weighted by atomic mass is 16.5. The summed E-state index contributed by atoms with van der Waals surface area (Å²) in [4.78, 5) is 14.1. The van der Waals surface area contributed by atoms with E-state index < -0.39 is 5.60 Å². The number of benzene rings is 1. The number of aromatic hydroxyl groups is 2. The monoisotopic (exact) mass is 280 g/mol. The fourth-order valence-electron chi connectivity index (χ4n) is 2.41. The van der Waals surface area contributed by atoms with E-state index >= 15 is 0 Å². The number of phenolic OH excluding ortho intramolecular Hbond substituents is 2. The number of hydrogen-bond donors (Lipinski definition) is 3. The molecular formula is C14H20N2O4. The van der Waals surface area contributed by atoms with Crippen LogP contribution in [-0.2, 0) is 4.74 Å². The molecule has 6 heteroatoms. The van der Waals surface area contributed by atoms with E-state index in [2.05, 4.69) is 0 Å². The first-order valence-electron chi connectivity index (χ1n) is 6.51. The number of ether oxygens (including phenoxy) is 1. The molecule has 1 fully saturated rings. The quantitative estimate of drug-likeness (QED) is 0.692. The second kappa shape index (κ2) is 5.30. The topological polar surface area (TPSA) is 96.0 Å². The Bertz CT molecular complexity index is 516. The van der Waals surface area contributed by atoms with Gasteiger partial charge in [-0.2, -0.15) is 0 Å². The van der Waals surface area contributed by atoms with Gasteiger partial charge in [0.15, 0.2) is 11.5 Å². The minimum Gasteiger partial charge on any atom is -0.504 e. The zero-order valence-corrected chi connectivity index (χ0v) is 11.7. The number of rotatable bonds is 2. The van der Waals surface area contributed by atoms with Gasteiger partial charge in [0.1, 0.15) is 0 Å². The van der Waals surface area contributed by atoms with Crippen molar-refractivity contribution >= 4 is 5.91 Å². The van der Waals surface area contributed by atoms with Crippen LogP contribution in [0.3, 0.4) is 0 Å². The summed E-state index contributed by atoms with van der Waals surface area (Å²) in [6.07, 6.45) is -0.201. The molecule has 1 aromatic carbocycles. The summed E-state index contributed by atoms with van der Waals surface area (Å²) >= 11 is 0. The molecule has 4 N–H and O–H groups in total. The second-order valence-corrected chi connectivity index (χ2v) is 5.62. The van der Waals surface area contributed by atoms with Gasteiger partial charge in [0, 0.05) is 25.2 Å². The van der Waals surface area contributed by atoms with Crippen LogP contribution in [0.2, 0.25) is 0 Å². The molecule has 2 rings (SSSR count). The lowest BCUT2D eigenvalue weighted by molar-refractivity contribution is -0.122. The highest BCUT2D eigenvalue weighted by molar-refractivity contribution is 5.95. The van der Waals surface area contributed by atoms with Crippen molar-refractivity contribution in [1.29, 1.82) is 0 Å². The van der Waals surface area contributed by atoms with Crippen LogP contribution in [0.1, 0.15) is 24.2 Å². The minimum atomic E-state index is -0.461. The smallest absolute Gasteiger partial charge is 0.254 e. The van der Waals surface area contributed by atoms with Crippen molar-refractivity contribution in [1.82, 2.24) is 4.90 Å². The number of phenols is 2. The van der Waals surface area contributed by atoms with Gasteiger partial charge in [0.25, 0.3) is 5.91 Å². The highest BCUT2D eigenvalue weighted by Gasteiger charge is 2.35. The lowest BCUT2D eigenvalue weighted by atomic mass is 10.0. The summed E-state index contributed by atoms with van der Waals surface area (Å²) < 4.78 is 5.77. The molecule has 20 heavy (non-hydrogen) atoms. The number of hydrogen-bond acceptors (Lipinski definition) is 5. The van der Waals surface area contributed by atoms with Gasteiger partial charge in [-0.15, -0.1) is 0 Å². The number of carbonyl (C=O) groups excluding carboxylic acids is 1. The lowest BCUT2D eigenvalue weighted by Crippen LogP contribution is -2.56. The molecule has 1 atom stereocenters. The molecule has 6 nitrogen and oxygen atoms in total. The van der Waals surface area contributed by atoms with Gasteiger partial charge in [0.05, 0.1) is 11.7 Å². The molecule has 0 aromatic heterocycles. The van der Waals surface area contributed by atoms with E-state index in [1.807, 2.05) is 13.8 Å². The van der Waals surface area contributed by atoms with E-state index in [0.29, 0.717) is 25.2 Å². The molecule has 0 radical (unpaired) electrons. The average molecular weight is 280 g/mol. The maximum Gasteiger partial charge on any atom is 0.254 e. The van der Waals surface area contributed by atoms with Gasteiger partial charge in [0.2, 0.25) is 0 Å². The molecule has 1 aliphatic heterocycles. The number of nitrogens with zero attached hydrogens (tertiary/aromatic N) is 1. The Morgan fingerprint density at radius 3 is 2.75 bits per heavy atom. The Morgan fingerprint density at radius 2 is 2.15 bits per heavy atom. The van der Waals surface area contributed by atoms with Crippen LogP contribution < -0.4 is 5.73 Å². The van der Waals surface area contributed by atoms with Crippen molar-refractivity contribution in [3.8, 4) is 11.5 Å². The summed E-state index contributed by atoms with van der Waals surface area (Å²) in [5.41, 5.74) is 5.50. The van der Waals surface area contributed by atoms with Crippen molar-refractivity contribution in [2.45, 2.75) is 25.6 Å². The van der Waals surface area contributed by atoms with Crippen molar-refractivity contribution in [3.05, 3.63) is 23.8 Å². The number of nitrogens with two attached hydrogens (primary N) is 1. The van der Waals surface area contributed by atoms with Crippen LogP contribution in [0.4, 0.5) is 0 Å². The molecule has 1 heterocycles. The molecule has 1 amide bonds. The predicted molar refractivity (Wildman–Crippen MR) is 73.7 cm³/mol. The highest BCUT2D eigenvalue weighted by Crippen LogP contribution is 2.27. The maximum atomic E-state index is 12.4. The van der Waals surface area contributed by atoms with Crippen LogP contribution in [0, 0.1) is 0 Å². The van der Waals surface area contributed by atoms with Crippen molar-refractivity contribution in [2.75, 3.05) is 19.6 Å². The van der Waals surface area contributed by atoms with Crippen molar-refractivity contribution < 1.29 is 19.7 Å².